The Morgan fingerprint density at radius 1 is 1.15 bits per heavy atom. The molecule has 2 fully saturated rings. The van der Waals surface area contributed by atoms with Crippen LogP contribution < -0.4 is 0 Å². The SMILES string of the molecule is COC[C@H]1CN(Cc2cccs2)CC12CCN(Cc1ccncc1)CC2. The molecule has 2 saturated heterocycles. The maximum absolute atomic E-state index is 5.61. The van der Waals surface area contributed by atoms with Gasteiger partial charge in [-0.25, -0.2) is 0 Å². The van der Waals surface area contributed by atoms with Gasteiger partial charge in [-0.15, -0.1) is 11.3 Å². The first-order chi connectivity index (χ1) is 12.8. The third-order valence-electron chi connectivity index (χ3n) is 6.22. The first kappa shape index (κ1) is 18.1. The van der Waals surface area contributed by atoms with Crippen molar-refractivity contribution in [2.75, 3.05) is 39.9 Å². The van der Waals surface area contributed by atoms with Crippen LogP contribution in [-0.2, 0) is 17.8 Å². The van der Waals surface area contributed by atoms with Crippen molar-refractivity contribution in [1.29, 1.82) is 0 Å². The van der Waals surface area contributed by atoms with E-state index in [4.69, 9.17) is 4.74 Å². The second-order valence-electron chi connectivity index (χ2n) is 7.90. The van der Waals surface area contributed by atoms with E-state index in [2.05, 4.69) is 44.4 Å². The van der Waals surface area contributed by atoms with Gasteiger partial charge in [-0.2, -0.15) is 0 Å². The number of aromatic nitrogens is 1. The molecular weight excluding hydrogens is 342 g/mol. The van der Waals surface area contributed by atoms with Crippen LogP contribution in [0.15, 0.2) is 42.0 Å². The molecule has 1 atom stereocenters. The fourth-order valence-corrected chi connectivity index (χ4v) is 5.53. The number of hydrogen-bond acceptors (Lipinski definition) is 5. The van der Waals surface area contributed by atoms with Gasteiger partial charge >= 0.3 is 0 Å². The minimum absolute atomic E-state index is 0.433. The van der Waals surface area contributed by atoms with Crippen LogP contribution in [0.2, 0.25) is 0 Å². The van der Waals surface area contributed by atoms with Crippen LogP contribution >= 0.6 is 11.3 Å². The summed E-state index contributed by atoms with van der Waals surface area (Å²) >= 11 is 1.87. The monoisotopic (exact) mass is 371 g/mol. The van der Waals surface area contributed by atoms with Crippen molar-refractivity contribution in [3.8, 4) is 0 Å². The summed E-state index contributed by atoms with van der Waals surface area (Å²) in [6.07, 6.45) is 6.36. The largest absolute Gasteiger partial charge is 0.384 e. The summed E-state index contributed by atoms with van der Waals surface area (Å²) in [4.78, 5) is 10.9. The molecule has 140 valence electrons. The lowest BCUT2D eigenvalue weighted by atomic mass is 9.71. The second-order valence-corrected chi connectivity index (χ2v) is 8.93. The fraction of sp³-hybridized carbons (Fsp3) is 0.571. The highest BCUT2D eigenvalue weighted by atomic mass is 32.1. The lowest BCUT2D eigenvalue weighted by Gasteiger charge is -2.42. The molecule has 0 bridgehead atoms. The number of rotatable bonds is 6. The molecule has 26 heavy (non-hydrogen) atoms. The van der Waals surface area contributed by atoms with Crippen LogP contribution in [0, 0.1) is 11.3 Å². The van der Waals surface area contributed by atoms with Gasteiger partial charge in [-0.3, -0.25) is 14.8 Å². The number of nitrogens with zero attached hydrogens (tertiary/aromatic N) is 3. The molecule has 0 unspecified atom stereocenters. The minimum Gasteiger partial charge on any atom is -0.384 e. The number of thiophene rings is 1. The molecular formula is C21H29N3OS. The molecule has 2 aromatic rings. The number of likely N-dealkylation sites (tertiary alicyclic amines) is 2. The molecule has 2 aliphatic rings. The Kier molecular flexibility index (Phi) is 5.69. The summed E-state index contributed by atoms with van der Waals surface area (Å²) in [5.74, 6) is 0.663. The molecule has 4 rings (SSSR count). The van der Waals surface area contributed by atoms with Crippen molar-refractivity contribution in [2.24, 2.45) is 11.3 Å². The summed E-state index contributed by atoms with van der Waals surface area (Å²) in [7, 11) is 1.86. The van der Waals surface area contributed by atoms with Gasteiger partial charge < -0.3 is 4.74 Å². The summed E-state index contributed by atoms with van der Waals surface area (Å²) in [5.41, 5.74) is 1.80. The molecule has 0 aliphatic carbocycles. The van der Waals surface area contributed by atoms with Crippen LogP contribution in [0.25, 0.3) is 0 Å². The van der Waals surface area contributed by atoms with Crippen LogP contribution in [0.4, 0.5) is 0 Å². The fourth-order valence-electron chi connectivity index (χ4n) is 4.79. The Bertz CT molecular complexity index is 668. The maximum Gasteiger partial charge on any atom is 0.0508 e. The Hall–Kier alpha value is -1.27. The molecule has 2 aliphatic heterocycles. The summed E-state index contributed by atoms with van der Waals surface area (Å²) in [5, 5.41) is 2.19. The summed E-state index contributed by atoms with van der Waals surface area (Å²) in [6.45, 7) is 7.82. The Morgan fingerprint density at radius 3 is 2.65 bits per heavy atom. The zero-order valence-corrected chi connectivity index (χ0v) is 16.5. The van der Waals surface area contributed by atoms with E-state index in [1.54, 1.807) is 0 Å². The number of hydrogen-bond donors (Lipinski definition) is 0. The third-order valence-corrected chi connectivity index (χ3v) is 7.08. The van der Waals surface area contributed by atoms with Gasteiger partial charge in [0.2, 0.25) is 0 Å². The van der Waals surface area contributed by atoms with E-state index >= 15 is 0 Å². The van der Waals surface area contributed by atoms with Gasteiger partial charge in [0.15, 0.2) is 0 Å². The van der Waals surface area contributed by atoms with E-state index in [-0.39, 0.29) is 0 Å². The second kappa shape index (κ2) is 8.17. The molecule has 4 heterocycles. The molecule has 2 aromatic heterocycles. The number of methoxy groups -OCH3 is 1. The molecule has 0 saturated carbocycles. The van der Waals surface area contributed by atoms with Gasteiger partial charge in [0, 0.05) is 56.5 Å². The summed E-state index contributed by atoms with van der Waals surface area (Å²) in [6, 6.07) is 8.70. The van der Waals surface area contributed by atoms with Crippen LogP contribution in [0.3, 0.4) is 0 Å². The van der Waals surface area contributed by atoms with E-state index < -0.39 is 0 Å². The zero-order valence-electron chi connectivity index (χ0n) is 15.6. The lowest BCUT2D eigenvalue weighted by molar-refractivity contribution is 0.0350. The molecule has 0 radical (unpaired) electrons. The van der Waals surface area contributed by atoms with Gasteiger partial charge in [-0.1, -0.05) is 6.07 Å². The Labute approximate surface area is 160 Å². The number of piperidine rings is 1. The van der Waals surface area contributed by atoms with Crippen molar-refractivity contribution >= 4 is 11.3 Å². The van der Waals surface area contributed by atoms with Crippen molar-refractivity contribution in [1.82, 2.24) is 14.8 Å². The van der Waals surface area contributed by atoms with Crippen molar-refractivity contribution in [3.63, 3.8) is 0 Å². The van der Waals surface area contributed by atoms with Crippen molar-refractivity contribution in [3.05, 3.63) is 52.5 Å². The highest BCUT2D eigenvalue weighted by molar-refractivity contribution is 7.09. The predicted molar refractivity (Wildman–Crippen MR) is 106 cm³/mol. The topological polar surface area (TPSA) is 28.6 Å². The average molecular weight is 372 g/mol. The minimum atomic E-state index is 0.433. The van der Waals surface area contributed by atoms with Crippen LogP contribution in [0.5, 0.6) is 0 Å². The lowest BCUT2D eigenvalue weighted by Crippen LogP contribution is -2.44. The third kappa shape index (κ3) is 4.01. The number of ether oxygens (including phenoxy) is 1. The molecule has 0 amide bonds. The average Bonchev–Trinajstić information content (AvgIpc) is 3.28. The highest BCUT2D eigenvalue weighted by Crippen LogP contribution is 2.45. The normalized spacial score (nSPS) is 23.7. The van der Waals surface area contributed by atoms with E-state index in [1.807, 2.05) is 30.8 Å². The Morgan fingerprint density at radius 2 is 1.96 bits per heavy atom. The van der Waals surface area contributed by atoms with E-state index in [9.17, 15) is 0 Å². The van der Waals surface area contributed by atoms with E-state index in [0.717, 1.165) is 19.7 Å². The van der Waals surface area contributed by atoms with E-state index in [1.165, 1.54) is 49.5 Å². The van der Waals surface area contributed by atoms with Crippen LogP contribution in [-0.4, -0.2) is 54.7 Å². The van der Waals surface area contributed by atoms with E-state index in [0.29, 0.717) is 11.3 Å². The highest BCUT2D eigenvalue weighted by Gasteiger charge is 2.47. The van der Waals surface area contributed by atoms with Crippen LogP contribution in [0.1, 0.15) is 23.3 Å². The predicted octanol–water partition coefficient (Wildman–Crippen LogP) is 3.50. The van der Waals surface area contributed by atoms with Gasteiger partial charge in [0.1, 0.15) is 0 Å². The smallest absolute Gasteiger partial charge is 0.0508 e. The first-order valence-corrected chi connectivity index (χ1v) is 10.5. The molecule has 0 aromatic carbocycles. The van der Waals surface area contributed by atoms with Gasteiger partial charge in [0.05, 0.1) is 6.61 Å². The quantitative estimate of drug-likeness (QED) is 0.777. The van der Waals surface area contributed by atoms with Gasteiger partial charge in [0.25, 0.3) is 0 Å². The zero-order chi connectivity index (χ0) is 17.8. The van der Waals surface area contributed by atoms with Gasteiger partial charge in [-0.05, 0) is 60.5 Å². The maximum atomic E-state index is 5.61. The molecule has 0 N–H and O–H groups in total. The molecule has 4 nitrogen and oxygen atoms in total. The Balaban J connectivity index is 1.38. The summed E-state index contributed by atoms with van der Waals surface area (Å²) < 4.78 is 5.61. The molecule has 5 heteroatoms. The first-order valence-electron chi connectivity index (χ1n) is 9.62. The number of pyridine rings is 1. The van der Waals surface area contributed by atoms with Crippen molar-refractivity contribution in [2.45, 2.75) is 25.9 Å². The standard InChI is InChI=1S/C21H29N3OS/c1-25-16-19-14-24(15-20-3-2-12-26-20)17-21(19)6-10-23(11-7-21)13-18-4-8-22-9-5-18/h2-5,8-9,12,19H,6-7,10-11,13-17H2,1H3/t19-/m1/s1. The van der Waals surface area contributed by atoms with Crippen molar-refractivity contribution < 1.29 is 4.74 Å². The molecule has 1 spiro atoms.